The lowest BCUT2D eigenvalue weighted by Crippen LogP contribution is -2.02. The van der Waals surface area contributed by atoms with E-state index in [-0.39, 0.29) is 0 Å². The van der Waals surface area contributed by atoms with Gasteiger partial charge in [-0.1, -0.05) is 22.0 Å². The molecule has 1 aromatic rings. The summed E-state index contributed by atoms with van der Waals surface area (Å²) >= 11 is 3.46. The Morgan fingerprint density at radius 2 is 2.23 bits per heavy atom. The average Bonchev–Trinajstić information content (AvgIpc) is 2.17. The maximum Gasteiger partial charge on any atom is 0.100 e. The van der Waals surface area contributed by atoms with Crippen molar-refractivity contribution in [3.8, 4) is 0 Å². The van der Waals surface area contributed by atoms with Gasteiger partial charge in [-0.05, 0) is 35.8 Å². The molecule has 1 aliphatic rings. The summed E-state index contributed by atoms with van der Waals surface area (Å²) in [5.41, 5.74) is 2.60. The van der Waals surface area contributed by atoms with Gasteiger partial charge in [-0.25, -0.2) is 0 Å². The highest BCUT2D eigenvalue weighted by Gasteiger charge is 2.11. The zero-order chi connectivity index (χ0) is 9.26. The van der Waals surface area contributed by atoms with E-state index in [2.05, 4.69) is 40.6 Å². The summed E-state index contributed by atoms with van der Waals surface area (Å²) < 4.78 is 6.31. The van der Waals surface area contributed by atoms with E-state index in [4.69, 9.17) is 4.74 Å². The number of allylic oxidation sites excluding steroid dienone is 2. The maximum absolute atomic E-state index is 5.17. The topological polar surface area (TPSA) is 9.23 Å². The highest BCUT2D eigenvalue weighted by atomic mass is 79.9. The third-order valence-corrected chi connectivity index (χ3v) is 2.65. The van der Waals surface area contributed by atoms with E-state index in [0.29, 0.717) is 0 Å². The second kappa shape index (κ2) is 3.54. The first kappa shape index (κ1) is 8.82. The highest BCUT2D eigenvalue weighted by molar-refractivity contribution is 9.10. The molecule has 0 fully saturated rings. The standard InChI is InChI=1S/C11H10BrO/c1-13-11-5-3-8-6-10(12)4-2-9(8)7-11/h2,4-7H,3H2,1H3. The number of rotatable bonds is 1. The number of methoxy groups -OCH3 is 1. The van der Waals surface area contributed by atoms with Crippen molar-refractivity contribution in [1.29, 1.82) is 0 Å². The van der Waals surface area contributed by atoms with Gasteiger partial charge in [0.2, 0.25) is 0 Å². The molecular formula is C11H10BrO. The lowest BCUT2D eigenvalue weighted by atomic mass is 9.96. The van der Waals surface area contributed by atoms with Crippen molar-refractivity contribution in [2.24, 2.45) is 0 Å². The van der Waals surface area contributed by atoms with Crippen molar-refractivity contribution < 1.29 is 4.74 Å². The van der Waals surface area contributed by atoms with Crippen LogP contribution in [-0.4, -0.2) is 7.11 Å². The van der Waals surface area contributed by atoms with Gasteiger partial charge < -0.3 is 4.74 Å². The summed E-state index contributed by atoms with van der Waals surface area (Å²) in [6.45, 7) is 0. The zero-order valence-corrected chi connectivity index (χ0v) is 8.97. The predicted octanol–water partition coefficient (Wildman–Crippen LogP) is 3.09. The van der Waals surface area contributed by atoms with Gasteiger partial charge in [-0.15, -0.1) is 0 Å². The van der Waals surface area contributed by atoms with Crippen molar-refractivity contribution in [3.63, 3.8) is 0 Å². The Kier molecular flexibility index (Phi) is 2.40. The second-order valence-corrected chi connectivity index (χ2v) is 3.92. The van der Waals surface area contributed by atoms with Crippen LogP contribution in [0.4, 0.5) is 0 Å². The quantitative estimate of drug-likeness (QED) is 0.730. The molecule has 13 heavy (non-hydrogen) atoms. The lowest BCUT2D eigenvalue weighted by Gasteiger charge is -2.15. The molecule has 0 saturated carbocycles. The van der Waals surface area contributed by atoms with Gasteiger partial charge in [0.1, 0.15) is 5.76 Å². The Hall–Kier alpha value is -0.760. The first-order valence-corrected chi connectivity index (χ1v) is 4.96. The normalized spacial score (nSPS) is 14.8. The summed E-state index contributed by atoms with van der Waals surface area (Å²) in [4.78, 5) is 0. The number of ether oxygens (including phenoxy) is 1. The molecule has 0 amide bonds. The van der Waals surface area contributed by atoms with Crippen LogP contribution in [0.25, 0.3) is 0 Å². The van der Waals surface area contributed by atoms with E-state index >= 15 is 0 Å². The third kappa shape index (κ3) is 1.78. The van der Waals surface area contributed by atoms with Crippen LogP contribution < -0.4 is 0 Å². The molecule has 0 aromatic heterocycles. The summed E-state index contributed by atoms with van der Waals surface area (Å²) in [7, 11) is 1.70. The van der Waals surface area contributed by atoms with E-state index in [9.17, 15) is 0 Å². The van der Waals surface area contributed by atoms with Gasteiger partial charge in [-0.3, -0.25) is 0 Å². The molecule has 1 aromatic carbocycles. The number of benzene rings is 1. The molecule has 0 heterocycles. The van der Waals surface area contributed by atoms with Crippen LogP contribution in [0.5, 0.6) is 0 Å². The van der Waals surface area contributed by atoms with E-state index < -0.39 is 0 Å². The third-order valence-electron chi connectivity index (χ3n) is 2.16. The van der Waals surface area contributed by atoms with E-state index in [1.54, 1.807) is 7.11 Å². The minimum absolute atomic E-state index is 0.953. The van der Waals surface area contributed by atoms with Crippen LogP contribution in [0.1, 0.15) is 11.1 Å². The Balaban J connectivity index is 2.33. The Labute approximate surface area is 86.5 Å². The van der Waals surface area contributed by atoms with Gasteiger partial charge in [-0.2, -0.15) is 0 Å². The fourth-order valence-corrected chi connectivity index (χ4v) is 1.87. The molecule has 0 N–H and O–H groups in total. The van der Waals surface area contributed by atoms with Gasteiger partial charge >= 0.3 is 0 Å². The Morgan fingerprint density at radius 3 is 3.00 bits per heavy atom. The van der Waals surface area contributed by atoms with E-state index in [1.165, 1.54) is 11.1 Å². The molecule has 2 rings (SSSR count). The molecule has 1 nitrogen and oxygen atoms in total. The second-order valence-electron chi connectivity index (χ2n) is 3.00. The minimum atomic E-state index is 0.953. The molecule has 0 bridgehead atoms. The summed E-state index contributed by atoms with van der Waals surface area (Å²) in [5.74, 6) is 0.954. The lowest BCUT2D eigenvalue weighted by molar-refractivity contribution is 0.298. The smallest absolute Gasteiger partial charge is 0.100 e. The Morgan fingerprint density at radius 1 is 1.38 bits per heavy atom. The van der Waals surface area contributed by atoms with Crippen molar-refractivity contribution in [2.75, 3.05) is 7.11 Å². The van der Waals surface area contributed by atoms with Gasteiger partial charge in [0.25, 0.3) is 0 Å². The fraction of sp³-hybridized carbons (Fsp3) is 0.182. The summed E-state index contributed by atoms with van der Waals surface area (Å²) in [6, 6.07) is 6.30. The summed E-state index contributed by atoms with van der Waals surface area (Å²) in [5, 5.41) is 0. The molecule has 0 aliphatic heterocycles. The number of hydrogen-bond acceptors (Lipinski definition) is 1. The van der Waals surface area contributed by atoms with Crippen LogP contribution in [0.15, 0.2) is 34.5 Å². The van der Waals surface area contributed by atoms with Crippen LogP contribution in [0, 0.1) is 6.42 Å². The average molecular weight is 238 g/mol. The highest BCUT2D eigenvalue weighted by Crippen LogP contribution is 2.25. The first-order chi connectivity index (χ1) is 6.29. The molecule has 0 atom stereocenters. The molecular weight excluding hydrogens is 228 g/mol. The van der Waals surface area contributed by atoms with Crippen molar-refractivity contribution >= 4 is 15.9 Å². The van der Waals surface area contributed by atoms with Crippen LogP contribution in [0.2, 0.25) is 0 Å². The molecule has 0 saturated heterocycles. The fourth-order valence-electron chi connectivity index (χ4n) is 1.46. The van der Waals surface area contributed by atoms with Crippen molar-refractivity contribution in [3.05, 3.63) is 52.1 Å². The number of halogens is 1. The van der Waals surface area contributed by atoms with Crippen molar-refractivity contribution in [2.45, 2.75) is 6.42 Å². The predicted molar refractivity (Wildman–Crippen MR) is 56.3 cm³/mol. The monoisotopic (exact) mass is 237 g/mol. The van der Waals surface area contributed by atoms with Crippen LogP contribution in [0.3, 0.4) is 0 Å². The summed E-state index contributed by atoms with van der Waals surface area (Å²) in [6.07, 6.45) is 5.11. The molecule has 1 aliphatic carbocycles. The number of hydrogen-bond donors (Lipinski definition) is 0. The van der Waals surface area contributed by atoms with Crippen molar-refractivity contribution in [1.82, 2.24) is 0 Å². The van der Waals surface area contributed by atoms with Gasteiger partial charge in [0, 0.05) is 4.47 Å². The molecule has 0 unspecified atom stereocenters. The first-order valence-electron chi connectivity index (χ1n) is 4.17. The molecule has 0 spiro atoms. The Bertz CT molecular complexity index is 355. The molecule has 1 radical (unpaired) electrons. The van der Waals surface area contributed by atoms with Gasteiger partial charge in [0.05, 0.1) is 13.5 Å². The SMILES string of the molecule is COC1=CCc2cc(Br)ccc2[CH]1. The number of fused-ring (bicyclic) bond motifs is 1. The van der Waals surface area contributed by atoms with Crippen LogP contribution in [-0.2, 0) is 11.2 Å². The van der Waals surface area contributed by atoms with Gasteiger partial charge in [0.15, 0.2) is 0 Å². The van der Waals surface area contributed by atoms with E-state index in [1.807, 2.05) is 6.07 Å². The molecule has 67 valence electrons. The zero-order valence-electron chi connectivity index (χ0n) is 7.38. The molecule has 2 heteroatoms. The van der Waals surface area contributed by atoms with Crippen LogP contribution >= 0.6 is 15.9 Å². The largest absolute Gasteiger partial charge is 0.501 e. The maximum atomic E-state index is 5.17. The van der Waals surface area contributed by atoms with E-state index in [0.717, 1.165) is 16.7 Å². The minimum Gasteiger partial charge on any atom is -0.501 e.